The van der Waals surface area contributed by atoms with E-state index >= 15 is 0 Å². The van der Waals surface area contributed by atoms with E-state index in [9.17, 15) is 4.79 Å². The summed E-state index contributed by atoms with van der Waals surface area (Å²) in [5.41, 5.74) is 0.523. The normalized spacial score (nSPS) is 13.2. The summed E-state index contributed by atoms with van der Waals surface area (Å²) in [6.07, 6.45) is 0.901. The second kappa shape index (κ2) is 7.00. The average Bonchev–Trinajstić information content (AvgIpc) is 2.37. The number of benzene rings is 1. The predicted octanol–water partition coefficient (Wildman–Crippen LogP) is 4.73. The topological polar surface area (TPSA) is 44.8 Å². The van der Waals surface area contributed by atoms with Gasteiger partial charge in [-0.05, 0) is 42.4 Å². The first kappa shape index (κ1) is 18.3. The Kier molecular flexibility index (Phi) is 5.83. The molecule has 1 aromatic rings. The molecule has 1 unspecified atom stereocenters. The number of hydrogen-bond donors (Lipinski definition) is 0. The minimum Gasteiger partial charge on any atom is -0.516 e. The Balaban J connectivity index is 2.74. The minimum atomic E-state index is -2.11. The van der Waals surface area contributed by atoms with Crippen LogP contribution in [0.3, 0.4) is 0 Å². The van der Waals surface area contributed by atoms with Crippen molar-refractivity contribution in [2.75, 3.05) is 0 Å². The fraction of sp³-hybridized carbons (Fsp3) is 0.471. The van der Waals surface area contributed by atoms with E-state index in [2.05, 4.69) is 40.4 Å². The Morgan fingerprint density at radius 2 is 1.77 bits per heavy atom. The molecular formula is C17H26O4Si. The van der Waals surface area contributed by atoms with E-state index in [1.54, 1.807) is 31.2 Å². The highest BCUT2D eigenvalue weighted by Gasteiger charge is 2.40. The Morgan fingerprint density at radius 1 is 1.23 bits per heavy atom. The Bertz CT molecular complexity index is 514. The standard InChI is InChI=1S/C17H26O4Si/c1-8-19-13(2)20-15-11-9-14(10-12-15)16(18)21-22(6,7)17(3,4)5/h8-13H,1H2,2-7H3. The molecular weight excluding hydrogens is 296 g/mol. The van der Waals surface area contributed by atoms with Crippen molar-refractivity contribution < 1.29 is 18.7 Å². The van der Waals surface area contributed by atoms with Gasteiger partial charge in [0.05, 0.1) is 11.8 Å². The lowest BCUT2D eigenvalue weighted by Crippen LogP contribution is -2.42. The fourth-order valence-electron chi connectivity index (χ4n) is 1.47. The molecule has 0 saturated heterocycles. The first-order valence-electron chi connectivity index (χ1n) is 7.33. The maximum atomic E-state index is 12.3. The van der Waals surface area contributed by atoms with Gasteiger partial charge < -0.3 is 13.9 Å². The molecule has 0 aromatic heterocycles. The van der Waals surface area contributed by atoms with Crippen LogP contribution in [-0.4, -0.2) is 20.6 Å². The van der Waals surface area contributed by atoms with Crippen molar-refractivity contribution >= 4 is 14.3 Å². The summed E-state index contributed by atoms with van der Waals surface area (Å²) in [6, 6.07) is 6.85. The number of ether oxygens (including phenoxy) is 2. The van der Waals surface area contributed by atoms with E-state index in [0.717, 1.165) is 0 Å². The second-order valence-corrected chi connectivity index (χ2v) is 11.4. The zero-order chi connectivity index (χ0) is 17.0. The molecule has 0 radical (unpaired) electrons. The van der Waals surface area contributed by atoms with Crippen molar-refractivity contribution in [2.45, 2.75) is 52.1 Å². The van der Waals surface area contributed by atoms with Crippen LogP contribution in [0.25, 0.3) is 0 Å². The molecule has 0 heterocycles. The number of rotatable bonds is 6. The van der Waals surface area contributed by atoms with Crippen molar-refractivity contribution in [2.24, 2.45) is 0 Å². The maximum Gasteiger partial charge on any atom is 0.324 e. The Morgan fingerprint density at radius 3 is 2.23 bits per heavy atom. The van der Waals surface area contributed by atoms with Crippen molar-refractivity contribution in [3.8, 4) is 5.75 Å². The average molecular weight is 322 g/mol. The lowest BCUT2D eigenvalue weighted by Gasteiger charge is -2.35. The molecule has 5 heteroatoms. The van der Waals surface area contributed by atoms with Gasteiger partial charge in [0.1, 0.15) is 5.75 Å². The molecule has 0 aliphatic carbocycles. The third-order valence-corrected chi connectivity index (χ3v) is 8.14. The van der Waals surface area contributed by atoms with Crippen LogP contribution in [0.5, 0.6) is 5.75 Å². The molecule has 0 N–H and O–H groups in total. The molecule has 0 spiro atoms. The molecule has 0 aliphatic rings. The molecule has 0 amide bonds. The molecule has 0 saturated carbocycles. The van der Waals surface area contributed by atoms with Crippen LogP contribution >= 0.6 is 0 Å². The van der Waals surface area contributed by atoms with Gasteiger partial charge in [-0.15, -0.1) is 0 Å². The van der Waals surface area contributed by atoms with Gasteiger partial charge in [-0.1, -0.05) is 27.4 Å². The molecule has 4 nitrogen and oxygen atoms in total. The molecule has 122 valence electrons. The highest BCUT2D eigenvalue weighted by Crippen LogP contribution is 2.37. The van der Waals surface area contributed by atoms with E-state index in [1.165, 1.54) is 6.26 Å². The first-order chi connectivity index (χ1) is 10.1. The Hall–Kier alpha value is -1.75. The van der Waals surface area contributed by atoms with Gasteiger partial charge >= 0.3 is 5.97 Å². The van der Waals surface area contributed by atoms with Crippen LogP contribution in [0.2, 0.25) is 18.1 Å². The van der Waals surface area contributed by atoms with Crippen LogP contribution in [0, 0.1) is 0 Å². The van der Waals surface area contributed by atoms with Crippen LogP contribution < -0.4 is 4.74 Å². The van der Waals surface area contributed by atoms with Gasteiger partial charge in [-0.25, -0.2) is 4.79 Å². The van der Waals surface area contributed by atoms with Crippen molar-refractivity contribution in [1.82, 2.24) is 0 Å². The summed E-state index contributed by atoms with van der Waals surface area (Å²) in [5.74, 6) is 0.340. The van der Waals surface area contributed by atoms with E-state index < -0.39 is 14.6 Å². The SMILES string of the molecule is C=COC(C)Oc1ccc(C(=O)O[Si](C)(C)C(C)(C)C)cc1. The second-order valence-electron chi connectivity index (χ2n) is 6.66. The van der Waals surface area contributed by atoms with Gasteiger partial charge in [-0.3, -0.25) is 0 Å². The van der Waals surface area contributed by atoms with Crippen LogP contribution in [-0.2, 0) is 9.16 Å². The molecule has 1 atom stereocenters. The van der Waals surface area contributed by atoms with Gasteiger partial charge in [-0.2, -0.15) is 0 Å². The number of hydrogen-bond acceptors (Lipinski definition) is 4. The highest BCUT2D eigenvalue weighted by molar-refractivity contribution is 6.75. The number of carbonyl (C=O) groups is 1. The van der Waals surface area contributed by atoms with Gasteiger partial charge in [0, 0.05) is 6.92 Å². The van der Waals surface area contributed by atoms with Crippen molar-refractivity contribution in [3.63, 3.8) is 0 Å². The fourth-order valence-corrected chi connectivity index (χ4v) is 2.36. The smallest absolute Gasteiger partial charge is 0.324 e. The predicted molar refractivity (Wildman–Crippen MR) is 90.4 cm³/mol. The van der Waals surface area contributed by atoms with Crippen molar-refractivity contribution in [1.29, 1.82) is 0 Å². The van der Waals surface area contributed by atoms with E-state index in [4.69, 9.17) is 13.9 Å². The van der Waals surface area contributed by atoms with Gasteiger partial charge in [0.2, 0.25) is 6.29 Å². The van der Waals surface area contributed by atoms with E-state index in [0.29, 0.717) is 11.3 Å². The number of carbonyl (C=O) groups excluding carboxylic acids is 1. The minimum absolute atomic E-state index is 0.0107. The summed E-state index contributed by atoms with van der Waals surface area (Å²) in [6.45, 7) is 15.6. The van der Waals surface area contributed by atoms with E-state index in [-0.39, 0.29) is 11.0 Å². The maximum absolute atomic E-state index is 12.3. The molecule has 0 bridgehead atoms. The Labute approximate surface area is 134 Å². The molecule has 1 rings (SSSR count). The highest BCUT2D eigenvalue weighted by atomic mass is 28.4. The van der Waals surface area contributed by atoms with Gasteiger partial charge in [0.25, 0.3) is 8.32 Å². The summed E-state index contributed by atoms with van der Waals surface area (Å²) in [4.78, 5) is 12.3. The molecule has 22 heavy (non-hydrogen) atoms. The quantitative estimate of drug-likeness (QED) is 0.431. The van der Waals surface area contributed by atoms with E-state index in [1.807, 2.05) is 0 Å². The summed E-state index contributed by atoms with van der Waals surface area (Å²) >= 11 is 0. The monoisotopic (exact) mass is 322 g/mol. The third-order valence-electron chi connectivity index (χ3n) is 3.83. The molecule has 0 fully saturated rings. The zero-order valence-electron chi connectivity index (χ0n) is 14.3. The summed E-state index contributed by atoms with van der Waals surface area (Å²) < 4.78 is 16.4. The lowest BCUT2D eigenvalue weighted by atomic mass is 10.2. The molecule has 0 aliphatic heterocycles. The first-order valence-corrected chi connectivity index (χ1v) is 10.2. The zero-order valence-corrected chi connectivity index (χ0v) is 15.3. The summed E-state index contributed by atoms with van der Waals surface area (Å²) in [7, 11) is -2.11. The van der Waals surface area contributed by atoms with Crippen molar-refractivity contribution in [3.05, 3.63) is 42.7 Å². The third kappa shape index (κ3) is 4.91. The van der Waals surface area contributed by atoms with Gasteiger partial charge in [0.15, 0.2) is 0 Å². The summed E-state index contributed by atoms with van der Waals surface area (Å²) in [5, 5.41) is -0.0107. The van der Waals surface area contributed by atoms with Crippen LogP contribution in [0.15, 0.2) is 37.1 Å². The van der Waals surface area contributed by atoms with Crippen LogP contribution in [0.4, 0.5) is 0 Å². The largest absolute Gasteiger partial charge is 0.516 e. The lowest BCUT2D eigenvalue weighted by molar-refractivity contribution is -0.0131. The molecule has 1 aromatic carbocycles. The van der Waals surface area contributed by atoms with Crippen LogP contribution in [0.1, 0.15) is 38.1 Å².